The first-order valence-corrected chi connectivity index (χ1v) is 6.70. The molecule has 2 rings (SSSR count). The Labute approximate surface area is 121 Å². The standard InChI is InChI=1S/C13H15Cl2N3O/c1-8(19)5-16-6-9-7-17-18-13(9)11-3-2-10(14)4-12(11)15/h2-4,7-8,16,19H,5-6H2,1H3,(H,17,18). The fourth-order valence-corrected chi connectivity index (χ4v) is 2.29. The third kappa shape index (κ3) is 3.70. The van der Waals surface area contributed by atoms with E-state index in [1.807, 2.05) is 6.07 Å². The summed E-state index contributed by atoms with van der Waals surface area (Å²) in [7, 11) is 0. The van der Waals surface area contributed by atoms with Gasteiger partial charge in [0.1, 0.15) is 0 Å². The molecule has 1 aromatic heterocycles. The van der Waals surface area contributed by atoms with E-state index in [1.54, 1.807) is 25.3 Å². The van der Waals surface area contributed by atoms with Crippen molar-refractivity contribution in [1.29, 1.82) is 0 Å². The Morgan fingerprint density at radius 1 is 1.42 bits per heavy atom. The van der Waals surface area contributed by atoms with Crippen molar-refractivity contribution >= 4 is 23.2 Å². The van der Waals surface area contributed by atoms with Gasteiger partial charge in [0.15, 0.2) is 0 Å². The van der Waals surface area contributed by atoms with E-state index in [2.05, 4.69) is 15.5 Å². The van der Waals surface area contributed by atoms with Gasteiger partial charge in [-0.3, -0.25) is 5.10 Å². The van der Waals surface area contributed by atoms with E-state index in [0.717, 1.165) is 16.8 Å². The Balaban J connectivity index is 2.19. The predicted octanol–water partition coefficient (Wildman–Crippen LogP) is 2.85. The van der Waals surface area contributed by atoms with Gasteiger partial charge in [0.2, 0.25) is 0 Å². The zero-order valence-electron chi connectivity index (χ0n) is 10.5. The quantitative estimate of drug-likeness (QED) is 0.795. The molecule has 4 nitrogen and oxygen atoms in total. The average Bonchev–Trinajstić information content (AvgIpc) is 2.77. The number of hydrogen-bond donors (Lipinski definition) is 3. The van der Waals surface area contributed by atoms with Crippen molar-refractivity contribution in [2.45, 2.75) is 19.6 Å². The lowest BCUT2D eigenvalue weighted by Crippen LogP contribution is -2.23. The second kappa shape index (κ2) is 6.39. The molecule has 0 saturated heterocycles. The number of aromatic amines is 1. The molecule has 102 valence electrons. The Morgan fingerprint density at radius 3 is 2.89 bits per heavy atom. The predicted molar refractivity (Wildman–Crippen MR) is 77.4 cm³/mol. The van der Waals surface area contributed by atoms with Crippen LogP contribution in [0.15, 0.2) is 24.4 Å². The molecule has 1 aromatic carbocycles. The summed E-state index contributed by atoms with van der Waals surface area (Å²) in [6.45, 7) is 2.87. The van der Waals surface area contributed by atoms with Gasteiger partial charge in [0.05, 0.1) is 23.0 Å². The fraction of sp³-hybridized carbons (Fsp3) is 0.308. The summed E-state index contributed by atoms with van der Waals surface area (Å²) in [5.41, 5.74) is 2.71. The van der Waals surface area contributed by atoms with Crippen LogP contribution in [0.2, 0.25) is 10.0 Å². The van der Waals surface area contributed by atoms with Crippen molar-refractivity contribution < 1.29 is 5.11 Å². The summed E-state index contributed by atoms with van der Waals surface area (Å²) < 4.78 is 0. The average molecular weight is 300 g/mol. The van der Waals surface area contributed by atoms with Crippen LogP contribution in [0.1, 0.15) is 12.5 Å². The van der Waals surface area contributed by atoms with Gasteiger partial charge in [-0.05, 0) is 25.1 Å². The summed E-state index contributed by atoms with van der Waals surface area (Å²) in [4.78, 5) is 0. The second-order valence-corrected chi connectivity index (χ2v) is 5.22. The normalized spacial score (nSPS) is 12.6. The molecule has 2 aromatic rings. The SMILES string of the molecule is CC(O)CNCc1cn[nH]c1-c1ccc(Cl)cc1Cl. The molecular weight excluding hydrogens is 285 g/mol. The Hall–Kier alpha value is -1.07. The number of halogens is 2. The van der Waals surface area contributed by atoms with Gasteiger partial charge in [-0.15, -0.1) is 0 Å². The summed E-state index contributed by atoms with van der Waals surface area (Å²) >= 11 is 12.1. The van der Waals surface area contributed by atoms with Crippen LogP contribution < -0.4 is 5.32 Å². The number of aliphatic hydroxyl groups is 1. The molecule has 0 aliphatic heterocycles. The summed E-state index contributed by atoms with van der Waals surface area (Å²) in [6.07, 6.45) is 1.37. The van der Waals surface area contributed by atoms with Crippen molar-refractivity contribution in [1.82, 2.24) is 15.5 Å². The zero-order valence-corrected chi connectivity index (χ0v) is 12.0. The number of aliphatic hydroxyl groups excluding tert-OH is 1. The van der Waals surface area contributed by atoms with Gasteiger partial charge in [-0.25, -0.2) is 0 Å². The first-order valence-electron chi connectivity index (χ1n) is 5.94. The number of rotatable bonds is 5. The van der Waals surface area contributed by atoms with Gasteiger partial charge in [0.25, 0.3) is 0 Å². The van der Waals surface area contributed by atoms with Crippen LogP contribution in [-0.2, 0) is 6.54 Å². The summed E-state index contributed by atoms with van der Waals surface area (Å²) in [5.74, 6) is 0. The molecule has 0 bridgehead atoms. The van der Waals surface area contributed by atoms with Crippen molar-refractivity contribution in [2.75, 3.05) is 6.54 Å². The molecule has 6 heteroatoms. The largest absolute Gasteiger partial charge is 0.392 e. The highest BCUT2D eigenvalue weighted by atomic mass is 35.5. The van der Waals surface area contributed by atoms with Crippen molar-refractivity contribution in [2.24, 2.45) is 0 Å². The zero-order chi connectivity index (χ0) is 13.8. The van der Waals surface area contributed by atoms with Crippen molar-refractivity contribution in [3.8, 4) is 11.3 Å². The van der Waals surface area contributed by atoms with Gasteiger partial charge in [0, 0.05) is 29.2 Å². The first-order chi connectivity index (χ1) is 9.08. The van der Waals surface area contributed by atoms with E-state index in [0.29, 0.717) is 23.1 Å². The third-order valence-electron chi connectivity index (χ3n) is 2.67. The molecule has 3 N–H and O–H groups in total. The Bertz CT molecular complexity index is 555. The molecule has 1 heterocycles. The van der Waals surface area contributed by atoms with Crippen LogP contribution in [0, 0.1) is 0 Å². The van der Waals surface area contributed by atoms with E-state index >= 15 is 0 Å². The van der Waals surface area contributed by atoms with Gasteiger partial charge < -0.3 is 10.4 Å². The van der Waals surface area contributed by atoms with E-state index in [-0.39, 0.29) is 6.10 Å². The van der Waals surface area contributed by atoms with E-state index in [9.17, 15) is 5.11 Å². The molecular formula is C13H15Cl2N3O. The smallest absolute Gasteiger partial charge is 0.0710 e. The summed E-state index contributed by atoms with van der Waals surface area (Å²) in [5, 5.41) is 20.5. The molecule has 0 aliphatic carbocycles. The van der Waals surface area contributed by atoms with Crippen LogP contribution in [0.25, 0.3) is 11.3 Å². The van der Waals surface area contributed by atoms with E-state index in [4.69, 9.17) is 23.2 Å². The monoisotopic (exact) mass is 299 g/mol. The minimum absolute atomic E-state index is 0.380. The topological polar surface area (TPSA) is 60.9 Å². The van der Waals surface area contributed by atoms with E-state index in [1.165, 1.54) is 0 Å². The van der Waals surface area contributed by atoms with Crippen molar-refractivity contribution in [3.63, 3.8) is 0 Å². The van der Waals surface area contributed by atoms with Gasteiger partial charge >= 0.3 is 0 Å². The lowest BCUT2D eigenvalue weighted by Gasteiger charge is -2.08. The number of aromatic nitrogens is 2. The van der Waals surface area contributed by atoms with Crippen LogP contribution >= 0.6 is 23.2 Å². The lowest BCUT2D eigenvalue weighted by molar-refractivity contribution is 0.191. The Morgan fingerprint density at radius 2 is 2.21 bits per heavy atom. The number of hydrogen-bond acceptors (Lipinski definition) is 3. The molecule has 0 radical (unpaired) electrons. The second-order valence-electron chi connectivity index (χ2n) is 4.37. The van der Waals surface area contributed by atoms with Crippen LogP contribution in [-0.4, -0.2) is 28.0 Å². The highest BCUT2D eigenvalue weighted by Gasteiger charge is 2.11. The molecule has 1 atom stereocenters. The minimum atomic E-state index is -0.380. The van der Waals surface area contributed by atoms with Crippen LogP contribution in [0.5, 0.6) is 0 Å². The third-order valence-corrected chi connectivity index (χ3v) is 3.22. The molecule has 0 spiro atoms. The maximum atomic E-state index is 9.22. The van der Waals surface area contributed by atoms with Crippen molar-refractivity contribution in [3.05, 3.63) is 40.0 Å². The molecule has 0 saturated carbocycles. The Kier molecular flexibility index (Phi) is 4.82. The highest BCUT2D eigenvalue weighted by Crippen LogP contribution is 2.30. The maximum Gasteiger partial charge on any atom is 0.0710 e. The number of nitrogens with zero attached hydrogens (tertiary/aromatic N) is 1. The molecule has 0 amide bonds. The van der Waals surface area contributed by atoms with Crippen LogP contribution in [0.3, 0.4) is 0 Å². The van der Waals surface area contributed by atoms with E-state index < -0.39 is 0 Å². The number of nitrogens with one attached hydrogen (secondary N) is 2. The fourth-order valence-electron chi connectivity index (χ4n) is 1.79. The first kappa shape index (κ1) is 14.3. The lowest BCUT2D eigenvalue weighted by atomic mass is 10.1. The number of H-pyrrole nitrogens is 1. The van der Waals surface area contributed by atoms with Gasteiger partial charge in [-0.2, -0.15) is 5.10 Å². The maximum absolute atomic E-state index is 9.22. The molecule has 19 heavy (non-hydrogen) atoms. The minimum Gasteiger partial charge on any atom is -0.392 e. The van der Waals surface area contributed by atoms with Gasteiger partial charge in [-0.1, -0.05) is 23.2 Å². The van der Waals surface area contributed by atoms with Crippen LogP contribution in [0.4, 0.5) is 0 Å². The number of benzene rings is 1. The molecule has 0 fully saturated rings. The molecule has 1 unspecified atom stereocenters. The molecule has 0 aliphatic rings. The summed E-state index contributed by atoms with van der Waals surface area (Å²) in [6, 6.07) is 5.35. The highest BCUT2D eigenvalue weighted by molar-refractivity contribution is 6.36.